The van der Waals surface area contributed by atoms with Gasteiger partial charge >= 0.3 is 0 Å². The molecule has 0 aromatic heterocycles. The molecule has 5 rings (SSSR count). The molecule has 6 nitrogen and oxygen atoms in total. The molecule has 1 amide bonds. The maximum Gasteiger partial charge on any atom is 0.252 e. The second-order valence-corrected chi connectivity index (χ2v) is 12.2. The largest absolute Gasteiger partial charge is 0.369 e. The number of nitrogens with one attached hydrogen (secondary N) is 1. The van der Waals surface area contributed by atoms with Crippen molar-refractivity contribution in [2.45, 2.75) is 65.3 Å². The number of nitrogens with zero attached hydrogens (tertiary/aromatic N) is 4. The number of fused-ring (bicyclic) bond motifs is 1. The molecule has 2 aromatic rings. The molecule has 6 heteroatoms. The van der Waals surface area contributed by atoms with Crippen LogP contribution in [0.5, 0.6) is 0 Å². The van der Waals surface area contributed by atoms with Crippen molar-refractivity contribution in [2.75, 3.05) is 43.4 Å². The van der Waals surface area contributed by atoms with Crippen molar-refractivity contribution in [3.8, 4) is 0 Å². The van der Waals surface area contributed by atoms with E-state index in [0.29, 0.717) is 5.84 Å². The smallest absolute Gasteiger partial charge is 0.252 e. The highest BCUT2D eigenvalue weighted by Gasteiger charge is 2.39. The molecule has 3 aliphatic rings. The molecule has 0 bridgehead atoms. The Bertz CT molecular complexity index is 1390. The molecule has 216 valence electrons. The van der Waals surface area contributed by atoms with Crippen molar-refractivity contribution in [3.05, 3.63) is 94.9 Å². The quantitative estimate of drug-likeness (QED) is 0.418. The second kappa shape index (κ2) is 12.1. The molecule has 1 fully saturated rings. The molecule has 0 radical (unpaired) electrons. The van der Waals surface area contributed by atoms with Crippen molar-refractivity contribution in [1.29, 1.82) is 0 Å². The highest BCUT2D eigenvalue weighted by atomic mass is 16.2. The number of hydrogen-bond donors (Lipinski definition) is 1. The fraction of sp³-hybridized carbons (Fsp3) is 0.429. The standard InChI is InChI=1S/C35H45N5O/c1-7-25(3)33(36-27-14-16-28(17-15-27)39-23-21-38(6)22-24-39)37-34-26(8-2)13-18-32(41)40(34)31-19-20-35(4,5)30-12-10-9-11-29(30)31/h8-18,31,36H,7,19-24H2,1-6H3/b26-8-,33-25+,37-34+. The Balaban J connectivity index is 1.49. The van der Waals surface area contributed by atoms with Crippen LogP contribution in [0.3, 0.4) is 0 Å². The SMILES string of the molecule is C/C=C1/C=CC(=O)N(C2CCC(C)(C)c3ccccc32)/C1=N/C(Nc1ccc(N2CCN(C)CC2)cc1)=C(\C)CC. The van der Waals surface area contributed by atoms with Crippen molar-refractivity contribution >= 4 is 23.1 Å². The first-order valence-corrected chi connectivity index (χ1v) is 15.1. The molecule has 0 saturated carbocycles. The molecule has 2 aromatic carbocycles. The van der Waals surface area contributed by atoms with Gasteiger partial charge in [0.15, 0.2) is 0 Å². The van der Waals surface area contributed by atoms with Gasteiger partial charge in [-0.05, 0) is 92.6 Å². The highest BCUT2D eigenvalue weighted by molar-refractivity contribution is 6.16. The summed E-state index contributed by atoms with van der Waals surface area (Å²) in [7, 11) is 2.18. The fourth-order valence-electron chi connectivity index (χ4n) is 6.12. The third-order valence-corrected chi connectivity index (χ3v) is 8.99. The topological polar surface area (TPSA) is 51.2 Å². The van der Waals surface area contributed by atoms with Crippen molar-refractivity contribution < 1.29 is 4.79 Å². The van der Waals surface area contributed by atoms with Crippen molar-refractivity contribution in [1.82, 2.24) is 9.80 Å². The number of carbonyl (C=O) groups excluding carboxylic acids is 1. The number of benzene rings is 2. The summed E-state index contributed by atoms with van der Waals surface area (Å²) in [6.45, 7) is 15.1. The summed E-state index contributed by atoms with van der Waals surface area (Å²) in [5.74, 6) is 1.49. The van der Waals surface area contributed by atoms with E-state index in [9.17, 15) is 4.79 Å². The minimum atomic E-state index is -0.0589. The molecular formula is C35H45N5O. The Morgan fingerprint density at radius 2 is 1.76 bits per heavy atom. The first-order valence-electron chi connectivity index (χ1n) is 15.1. The van der Waals surface area contributed by atoms with E-state index in [1.807, 2.05) is 17.9 Å². The van der Waals surface area contributed by atoms with Crippen LogP contribution in [0.25, 0.3) is 0 Å². The van der Waals surface area contributed by atoms with Crippen LogP contribution in [0.15, 0.2) is 88.7 Å². The third kappa shape index (κ3) is 6.03. The predicted octanol–water partition coefficient (Wildman–Crippen LogP) is 7.05. The predicted molar refractivity (Wildman–Crippen MR) is 171 cm³/mol. The number of carbonyl (C=O) groups is 1. The zero-order chi connectivity index (χ0) is 29.1. The van der Waals surface area contributed by atoms with Crippen LogP contribution in [0.4, 0.5) is 11.4 Å². The lowest BCUT2D eigenvalue weighted by Crippen LogP contribution is -2.45. The van der Waals surface area contributed by atoms with E-state index < -0.39 is 0 Å². The Hall–Kier alpha value is -3.64. The van der Waals surface area contributed by atoms with Gasteiger partial charge in [0.25, 0.3) is 5.91 Å². The Morgan fingerprint density at radius 1 is 1.05 bits per heavy atom. The van der Waals surface area contributed by atoms with Crippen LogP contribution in [-0.2, 0) is 10.2 Å². The summed E-state index contributed by atoms with van der Waals surface area (Å²) in [6, 6.07) is 17.2. The zero-order valence-electron chi connectivity index (χ0n) is 25.6. The van der Waals surface area contributed by atoms with Gasteiger partial charge in [0.05, 0.1) is 6.04 Å². The number of amidine groups is 1. The number of piperazine rings is 1. The molecule has 2 aliphatic heterocycles. The molecule has 41 heavy (non-hydrogen) atoms. The van der Waals surface area contributed by atoms with Gasteiger partial charge in [0.1, 0.15) is 11.7 Å². The van der Waals surface area contributed by atoms with Crippen LogP contribution >= 0.6 is 0 Å². The summed E-state index contributed by atoms with van der Waals surface area (Å²) in [5.41, 5.74) is 6.95. The van der Waals surface area contributed by atoms with E-state index in [0.717, 1.165) is 68.1 Å². The van der Waals surface area contributed by atoms with Gasteiger partial charge in [-0.3, -0.25) is 9.69 Å². The fourth-order valence-corrected chi connectivity index (χ4v) is 6.12. The molecule has 1 aliphatic carbocycles. The lowest BCUT2D eigenvalue weighted by molar-refractivity contribution is -0.124. The maximum atomic E-state index is 13.6. The molecule has 1 saturated heterocycles. The molecule has 1 N–H and O–H groups in total. The summed E-state index contributed by atoms with van der Waals surface area (Å²) < 4.78 is 0. The summed E-state index contributed by atoms with van der Waals surface area (Å²) in [4.78, 5) is 25.6. The van der Waals surface area contributed by atoms with E-state index in [2.05, 4.69) is 104 Å². The number of aliphatic imine (C=N–C) groups is 1. The number of rotatable bonds is 6. The summed E-state index contributed by atoms with van der Waals surface area (Å²) in [5, 5.41) is 3.61. The summed E-state index contributed by atoms with van der Waals surface area (Å²) >= 11 is 0. The van der Waals surface area contributed by atoms with E-state index >= 15 is 0 Å². The number of allylic oxidation sites excluding steroid dienone is 2. The van der Waals surface area contributed by atoms with Gasteiger partial charge in [-0.1, -0.05) is 51.1 Å². The molecular weight excluding hydrogens is 506 g/mol. The zero-order valence-corrected chi connectivity index (χ0v) is 25.6. The average molecular weight is 552 g/mol. The highest BCUT2D eigenvalue weighted by Crippen LogP contribution is 2.45. The first-order chi connectivity index (χ1) is 19.7. The number of likely N-dealkylation sites (N-methyl/N-ethyl adjacent to an activating group) is 1. The van der Waals surface area contributed by atoms with Gasteiger partial charge in [-0.2, -0.15) is 0 Å². The maximum absolute atomic E-state index is 13.6. The average Bonchev–Trinajstić information content (AvgIpc) is 2.98. The first kappa shape index (κ1) is 28.9. The number of anilines is 2. The van der Waals surface area contributed by atoms with Crippen LogP contribution in [0.2, 0.25) is 0 Å². The van der Waals surface area contributed by atoms with Gasteiger partial charge < -0.3 is 15.1 Å². The molecule has 1 unspecified atom stereocenters. The molecule has 0 spiro atoms. The van der Waals surface area contributed by atoms with Crippen molar-refractivity contribution in [2.24, 2.45) is 4.99 Å². The lowest BCUT2D eigenvalue weighted by atomic mass is 9.70. The van der Waals surface area contributed by atoms with E-state index in [-0.39, 0.29) is 17.4 Å². The Morgan fingerprint density at radius 3 is 2.44 bits per heavy atom. The normalized spacial score (nSPS) is 23.6. The van der Waals surface area contributed by atoms with E-state index in [1.165, 1.54) is 16.8 Å². The van der Waals surface area contributed by atoms with Crippen LogP contribution < -0.4 is 10.2 Å². The van der Waals surface area contributed by atoms with Gasteiger partial charge in [-0.15, -0.1) is 0 Å². The third-order valence-electron chi connectivity index (χ3n) is 8.99. The minimum absolute atomic E-state index is 0.0149. The van der Waals surface area contributed by atoms with Crippen LogP contribution in [0.1, 0.15) is 71.0 Å². The van der Waals surface area contributed by atoms with Gasteiger partial charge in [0.2, 0.25) is 0 Å². The number of hydrogen-bond acceptors (Lipinski definition) is 5. The molecule has 2 heterocycles. The lowest BCUT2D eigenvalue weighted by Gasteiger charge is -2.43. The minimum Gasteiger partial charge on any atom is -0.369 e. The summed E-state index contributed by atoms with van der Waals surface area (Å²) in [6.07, 6.45) is 8.41. The van der Waals surface area contributed by atoms with Gasteiger partial charge in [0, 0.05) is 49.2 Å². The second-order valence-electron chi connectivity index (χ2n) is 12.2. The van der Waals surface area contributed by atoms with Crippen LogP contribution in [0, 0.1) is 0 Å². The number of amides is 1. The molecule has 1 atom stereocenters. The monoisotopic (exact) mass is 551 g/mol. The van der Waals surface area contributed by atoms with E-state index in [1.54, 1.807) is 6.08 Å². The Labute approximate surface area is 246 Å². The van der Waals surface area contributed by atoms with Gasteiger partial charge in [-0.25, -0.2) is 4.99 Å². The van der Waals surface area contributed by atoms with E-state index in [4.69, 9.17) is 4.99 Å². The van der Waals surface area contributed by atoms with Crippen LogP contribution in [-0.4, -0.2) is 54.8 Å². The van der Waals surface area contributed by atoms with Crippen molar-refractivity contribution in [3.63, 3.8) is 0 Å². The Kier molecular flexibility index (Phi) is 8.50.